The van der Waals surface area contributed by atoms with Gasteiger partial charge in [-0.1, -0.05) is 25.4 Å². The molecule has 1 atom stereocenters. The van der Waals surface area contributed by atoms with Gasteiger partial charge in [0.15, 0.2) is 0 Å². The SMILES string of the molecule is CCCN(CCC)CCCC1c2c(c3cc(Cl)ccc3n2C)CCN1C(C)=O. The highest BCUT2D eigenvalue weighted by molar-refractivity contribution is 6.31. The molecule has 2 aromatic rings. The molecular formula is C23H34ClN3O. The van der Waals surface area contributed by atoms with Crippen LogP contribution in [0.3, 0.4) is 0 Å². The Kier molecular flexibility index (Phi) is 7.05. The van der Waals surface area contributed by atoms with Gasteiger partial charge in [0.05, 0.1) is 6.04 Å². The number of aryl methyl sites for hydroxylation is 1. The number of benzene rings is 1. The number of amides is 1. The molecule has 0 N–H and O–H groups in total. The van der Waals surface area contributed by atoms with Crippen molar-refractivity contribution in [3.63, 3.8) is 0 Å². The molecule has 0 bridgehead atoms. The third-order valence-electron chi connectivity index (χ3n) is 6.05. The molecule has 3 rings (SSSR count). The van der Waals surface area contributed by atoms with Crippen molar-refractivity contribution in [2.45, 2.75) is 58.9 Å². The van der Waals surface area contributed by atoms with Crippen LogP contribution >= 0.6 is 11.6 Å². The molecule has 154 valence electrons. The monoisotopic (exact) mass is 403 g/mol. The largest absolute Gasteiger partial charge is 0.346 e. The highest BCUT2D eigenvalue weighted by Gasteiger charge is 2.33. The average molecular weight is 404 g/mol. The van der Waals surface area contributed by atoms with Crippen molar-refractivity contribution < 1.29 is 4.79 Å². The summed E-state index contributed by atoms with van der Waals surface area (Å²) in [7, 11) is 2.13. The number of carbonyl (C=O) groups is 1. The number of aromatic nitrogens is 1. The summed E-state index contributed by atoms with van der Waals surface area (Å²) in [5.74, 6) is 0.179. The lowest BCUT2D eigenvalue weighted by Crippen LogP contribution is -2.40. The van der Waals surface area contributed by atoms with E-state index < -0.39 is 0 Å². The highest BCUT2D eigenvalue weighted by atomic mass is 35.5. The molecule has 1 unspecified atom stereocenters. The summed E-state index contributed by atoms with van der Waals surface area (Å²) in [4.78, 5) is 17.0. The summed E-state index contributed by atoms with van der Waals surface area (Å²) in [6, 6.07) is 6.30. The van der Waals surface area contributed by atoms with Crippen molar-refractivity contribution in [2.75, 3.05) is 26.2 Å². The summed E-state index contributed by atoms with van der Waals surface area (Å²) in [5, 5.41) is 2.03. The van der Waals surface area contributed by atoms with E-state index in [9.17, 15) is 4.79 Å². The van der Waals surface area contributed by atoms with Gasteiger partial charge in [0.1, 0.15) is 0 Å². The molecule has 4 nitrogen and oxygen atoms in total. The topological polar surface area (TPSA) is 28.5 Å². The van der Waals surface area contributed by atoms with Crippen molar-refractivity contribution in [3.8, 4) is 0 Å². The maximum absolute atomic E-state index is 12.4. The fourth-order valence-electron chi connectivity index (χ4n) is 4.88. The number of fused-ring (bicyclic) bond motifs is 3. The van der Waals surface area contributed by atoms with Crippen LogP contribution < -0.4 is 0 Å². The molecule has 5 heteroatoms. The van der Waals surface area contributed by atoms with Gasteiger partial charge in [-0.05, 0) is 75.5 Å². The van der Waals surface area contributed by atoms with Crippen LogP contribution in [0.5, 0.6) is 0 Å². The van der Waals surface area contributed by atoms with E-state index in [2.05, 4.69) is 47.4 Å². The summed E-state index contributed by atoms with van der Waals surface area (Å²) in [5.41, 5.74) is 3.89. The predicted octanol–water partition coefficient (Wildman–Crippen LogP) is 5.18. The first-order chi connectivity index (χ1) is 13.5. The molecule has 0 fully saturated rings. The van der Waals surface area contributed by atoms with E-state index in [0.29, 0.717) is 0 Å². The lowest BCUT2D eigenvalue weighted by Gasteiger charge is -2.36. The number of nitrogens with zero attached hydrogens (tertiary/aromatic N) is 3. The fourth-order valence-corrected chi connectivity index (χ4v) is 5.05. The predicted molar refractivity (Wildman–Crippen MR) is 118 cm³/mol. The van der Waals surface area contributed by atoms with Gasteiger partial charge < -0.3 is 14.4 Å². The second kappa shape index (κ2) is 9.32. The van der Waals surface area contributed by atoms with E-state index in [4.69, 9.17) is 11.6 Å². The molecule has 0 saturated carbocycles. The number of hydrogen-bond acceptors (Lipinski definition) is 2. The van der Waals surface area contributed by atoms with Crippen LogP contribution in [0.15, 0.2) is 18.2 Å². The molecule has 2 heterocycles. The van der Waals surface area contributed by atoms with E-state index in [1.54, 1.807) is 6.92 Å². The zero-order valence-corrected chi connectivity index (χ0v) is 18.6. The van der Waals surface area contributed by atoms with Gasteiger partial charge in [0, 0.05) is 42.1 Å². The van der Waals surface area contributed by atoms with Gasteiger partial charge in [-0.2, -0.15) is 0 Å². The van der Waals surface area contributed by atoms with Crippen LogP contribution in [0.25, 0.3) is 10.9 Å². The van der Waals surface area contributed by atoms with Crippen LogP contribution in [0.2, 0.25) is 5.02 Å². The number of halogens is 1. The summed E-state index contributed by atoms with van der Waals surface area (Å²) in [6.07, 6.45) is 5.40. The van der Waals surface area contributed by atoms with Gasteiger partial charge >= 0.3 is 0 Å². The maximum Gasteiger partial charge on any atom is 0.220 e. The zero-order valence-electron chi connectivity index (χ0n) is 17.8. The Morgan fingerprint density at radius 3 is 2.57 bits per heavy atom. The van der Waals surface area contributed by atoms with Gasteiger partial charge in [-0.15, -0.1) is 0 Å². The molecule has 1 aromatic carbocycles. The molecule has 1 aromatic heterocycles. The molecule has 1 aliphatic rings. The highest BCUT2D eigenvalue weighted by Crippen LogP contribution is 2.39. The van der Waals surface area contributed by atoms with E-state index in [1.807, 2.05) is 6.07 Å². The van der Waals surface area contributed by atoms with Crippen LogP contribution in [0.4, 0.5) is 0 Å². The Labute approximate surface area is 174 Å². The normalized spacial score (nSPS) is 16.8. The Balaban J connectivity index is 1.88. The van der Waals surface area contributed by atoms with Crippen molar-refractivity contribution >= 4 is 28.4 Å². The molecule has 0 radical (unpaired) electrons. The average Bonchev–Trinajstić information content (AvgIpc) is 2.94. The second-order valence-corrected chi connectivity index (χ2v) is 8.48. The lowest BCUT2D eigenvalue weighted by atomic mass is 9.94. The molecule has 28 heavy (non-hydrogen) atoms. The van der Waals surface area contributed by atoms with Gasteiger partial charge in [-0.25, -0.2) is 0 Å². The van der Waals surface area contributed by atoms with E-state index in [-0.39, 0.29) is 11.9 Å². The number of hydrogen-bond donors (Lipinski definition) is 0. The molecule has 1 amide bonds. The first-order valence-electron chi connectivity index (χ1n) is 10.7. The third-order valence-corrected chi connectivity index (χ3v) is 6.28. The Hall–Kier alpha value is -1.52. The van der Waals surface area contributed by atoms with Crippen molar-refractivity contribution in [1.29, 1.82) is 0 Å². The van der Waals surface area contributed by atoms with E-state index in [0.717, 1.165) is 50.5 Å². The Bertz CT molecular complexity index is 823. The molecular weight excluding hydrogens is 370 g/mol. The zero-order chi connectivity index (χ0) is 20.3. The number of carbonyl (C=O) groups excluding carboxylic acids is 1. The maximum atomic E-state index is 12.4. The van der Waals surface area contributed by atoms with Gasteiger partial charge in [0.2, 0.25) is 5.91 Å². The van der Waals surface area contributed by atoms with Crippen LogP contribution in [-0.4, -0.2) is 46.5 Å². The molecule has 0 spiro atoms. The van der Waals surface area contributed by atoms with Crippen molar-refractivity contribution in [3.05, 3.63) is 34.5 Å². The third kappa shape index (κ3) is 4.23. The summed E-state index contributed by atoms with van der Waals surface area (Å²) < 4.78 is 2.29. The fraction of sp³-hybridized carbons (Fsp3) is 0.609. The van der Waals surface area contributed by atoms with Crippen LogP contribution in [0.1, 0.15) is 63.8 Å². The minimum Gasteiger partial charge on any atom is -0.346 e. The smallest absolute Gasteiger partial charge is 0.220 e. The van der Waals surface area contributed by atoms with Crippen molar-refractivity contribution in [1.82, 2.24) is 14.4 Å². The quantitative estimate of drug-likeness (QED) is 0.607. The van der Waals surface area contributed by atoms with Crippen molar-refractivity contribution in [2.24, 2.45) is 7.05 Å². The second-order valence-electron chi connectivity index (χ2n) is 8.05. The standard InChI is InChI=1S/C23H34ClN3O/c1-5-12-26(13-6-2)14-7-8-22-23-19(11-15-27(22)17(3)28)20-16-18(24)9-10-21(20)25(23)4/h9-10,16,22H,5-8,11-15H2,1-4H3. The first kappa shape index (κ1) is 21.2. The van der Waals surface area contributed by atoms with Gasteiger partial charge in [0.25, 0.3) is 0 Å². The summed E-state index contributed by atoms with van der Waals surface area (Å²) in [6.45, 7) is 10.4. The first-order valence-corrected chi connectivity index (χ1v) is 11.1. The molecule has 0 aliphatic carbocycles. The van der Waals surface area contributed by atoms with Crippen LogP contribution in [-0.2, 0) is 18.3 Å². The minimum absolute atomic E-state index is 0.155. The van der Waals surface area contributed by atoms with E-state index in [1.165, 1.54) is 35.0 Å². The molecule has 1 aliphatic heterocycles. The molecule has 0 saturated heterocycles. The van der Waals surface area contributed by atoms with Crippen LogP contribution in [0, 0.1) is 0 Å². The minimum atomic E-state index is 0.155. The lowest BCUT2D eigenvalue weighted by molar-refractivity contribution is -0.132. The Morgan fingerprint density at radius 1 is 1.21 bits per heavy atom. The summed E-state index contributed by atoms with van der Waals surface area (Å²) >= 11 is 6.28. The van der Waals surface area contributed by atoms with Gasteiger partial charge in [-0.3, -0.25) is 4.79 Å². The Morgan fingerprint density at radius 2 is 1.93 bits per heavy atom. The van der Waals surface area contributed by atoms with E-state index >= 15 is 0 Å². The number of rotatable bonds is 8.